The lowest BCUT2D eigenvalue weighted by Gasteiger charge is -2.61. The summed E-state index contributed by atoms with van der Waals surface area (Å²) in [7, 11) is 0. The summed E-state index contributed by atoms with van der Waals surface area (Å²) in [5, 5.41) is 10.1. The Bertz CT molecular complexity index is 716. The topological polar surface area (TPSA) is 47.0 Å². The highest BCUT2D eigenvalue weighted by Gasteiger charge is 2.56. The normalized spacial score (nSPS) is 28.3. The lowest BCUT2D eigenvalue weighted by Crippen LogP contribution is -2.78. The van der Waals surface area contributed by atoms with Crippen LogP contribution in [0, 0.1) is 0 Å². The molecule has 0 aliphatic carbocycles. The van der Waals surface area contributed by atoms with Crippen LogP contribution in [0.4, 0.5) is 13.2 Å². The first kappa shape index (κ1) is 18.7. The fraction of sp³-hybridized carbons (Fsp3) is 0.632. The molecule has 0 unspecified atom stereocenters. The average Bonchev–Trinajstić information content (AvgIpc) is 2.93. The van der Waals surface area contributed by atoms with Crippen molar-refractivity contribution >= 4 is 5.91 Å². The molecule has 1 N–H and O–H groups in total. The highest BCUT2D eigenvalue weighted by Crippen LogP contribution is 2.39. The second-order valence-electron chi connectivity index (χ2n) is 8.16. The maximum absolute atomic E-state index is 12.7. The van der Waals surface area contributed by atoms with E-state index in [4.69, 9.17) is 0 Å². The molecular formula is C19H24F3N3O2. The molecule has 3 aliphatic heterocycles. The summed E-state index contributed by atoms with van der Waals surface area (Å²) in [6, 6.07) is 5.48. The van der Waals surface area contributed by atoms with Crippen LogP contribution in [0.25, 0.3) is 0 Å². The van der Waals surface area contributed by atoms with Crippen molar-refractivity contribution in [3.8, 4) is 0 Å². The highest BCUT2D eigenvalue weighted by atomic mass is 19.4. The van der Waals surface area contributed by atoms with Crippen LogP contribution in [0.5, 0.6) is 0 Å². The predicted molar refractivity (Wildman–Crippen MR) is 92.8 cm³/mol. The van der Waals surface area contributed by atoms with Crippen LogP contribution in [0.3, 0.4) is 0 Å². The van der Waals surface area contributed by atoms with E-state index < -0.39 is 11.7 Å². The summed E-state index contributed by atoms with van der Waals surface area (Å²) in [5.74, 6) is 0.0524. The molecule has 3 aliphatic rings. The van der Waals surface area contributed by atoms with E-state index in [0.29, 0.717) is 32.6 Å². The summed E-state index contributed by atoms with van der Waals surface area (Å²) in [5.41, 5.74) is 0.0533. The minimum atomic E-state index is -4.32. The first-order valence-electron chi connectivity index (χ1n) is 9.25. The second kappa shape index (κ2) is 6.46. The summed E-state index contributed by atoms with van der Waals surface area (Å²) in [6.07, 6.45) is -3.99. The van der Waals surface area contributed by atoms with Crippen molar-refractivity contribution in [2.45, 2.75) is 43.8 Å². The molecular weight excluding hydrogens is 359 g/mol. The molecule has 1 aromatic carbocycles. The number of fused-ring (bicyclic) bond motifs is 2. The molecule has 0 aromatic heterocycles. The van der Waals surface area contributed by atoms with Crippen LogP contribution in [-0.2, 0) is 17.5 Å². The van der Waals surface area contributed by atoms with Gasteiger partial charge >= 0.3 is 6.18 Å². The third-order valence-electron chi connectivity index (χ3n) is 6.09. The fourth-order valence-corrected chi connectivity index (χ4v) is 4.89. The number of aliphatic hydroxyl groups excluding tert-OH is 1. The van der Waals surface area contributed by atoms with Gasteiger partial charge in [-0.15, -0.1) is 0 Å². The smallest absolute Gasteiger partial charge is 0.392 e. The largest absolute Gasteiger partial charge is 0.416 e. The van der Waals surface area contributed by atoms with Gasteiger partial charge in [-0.3, -0.25) is 14.6 Å². The lowest BCUT2D eigenvalue weighted by molar-refractivity contribution is -0.149. The lowest BCUT2D eigenvalue weighted by atomic mass is 9.83. The molecule has 3 heterocycles. The third kappa shape index (κ3) is 3.46. The molecule has 1 spiro atoms. The first-order valence-corrected chi connectivity index (χ1v) is 9.25. The minimum Gasteiger partial charge on any atom is -0.392 e. The quantitative estimate of drug-likeness (QED) is 0.842. The number of hydrogen-bond acceptors (Lipinski definition) is 4. The molecule has 8 heteroatoms. The van der Waals surface area contributed by atoms with Gasteiger partial charge in [-0.05, 0) is 24.1 Å². The van der Waals surface area contributed by atoms with E-state index in [0.717, 1.165) is 30.8 Å². The van der Waals surface area contributed by atoms with Crippen molar-refractivity contribution in [3.63, 3.8) is 0 Å². The Morgan fingerprint density at radius 1 is 1.19 bits per heavy atom. The van der Waals surface area contributed by atoms with E-state index >= 15 is 0 Å². The molecule has 5 nitrogen and oxygen atoms in total. The van der Waals surface area contributed by atoms with Gasteiger partial charge in [0, 0.05) is 52.2 Å². The Balaban J connectivity index is 1.43. The van der Waals surface area contributed by atoms with Crippen LogP contribution in [-0.4, -0.2) is 76.1 Å². The zero-order valence-electron chi connectivity index (χ0n) is 15.2. The number of hydrogen-bond donors (Lipinski definition) is 1. The van der Waals surface area contributed by atoms with Crippen molar-refractivity contribution in [2.24, 2.45) is 0 Å². The van der Waals surface area contributed by atoms with Gasteiger partial charge < -0.3 is 10.0 Å². The number of β-amino-alcohol motifs (C(OH)–C–C–N with tert-alkyl or cyclic N) is 1. The monoisotopic (exact) mass is 383 g/mol. The van der Waals surface area contributed by atoms with E-state index in [2.05, 4.69) is 9.80 Å². The first-order chi connectivity index (χ1) is 12.7. The van der Waals surface area contributed by atoms with Gasteiger partial charge in [0.05, 0.1) is 17.2 Å². The number of benzene rings is 1. The van der Waals surface area contributed by atoms with Crippen LogP contribution >= 0.6 is 0 Å². The van der Waals surface area contributed by atoms with Gasteiger partial charge in [0.15, 0.2) is 0 Å². The van der Waals surface area contributed by atoms with Crippen molar-refractivity contribution in [2.75, 3.05) is 32.7 Å². The van der Waals surface area contributed by atoms with Gasteiger partial charge in [0.1, 0.15) is 0 Å². The van der Waals surface area contributed by atoms with Crippen LogP contribution in [0.1, 0.15) is 24.5 Å². The fourth-order valence-electron chi connectivity index (χ4n) is 4.89. The van der Waals surface area contributed by atoms with E-state index in [-0.39, 0.29) is 23.6 Å². The van der Waals surface area contributed by atoms with E-state index in [1.54, 1.807) is 6.92 Å². The Labute approximate surface area is 156 Å². The molecule has 2 atom stereocenters. The maximum atomic E-state index is 12.7. The van der Waals surface area contributed by atoms with Crippen molar-refractivity contribution < 1.29 is 23.1 Å². The van der Waals surface area contributed by atoms with Crippen molar-refractivity contribution in [1.82, 2.24) is 14.7 Å². The molecule has 3 fully saturated rings. The molecule has 4 rings (SSSR count). The molecule has 27 heavy (non-hydrogen) atoms. The molecule has 3 saturated heterocycles. The second-order valence-corrected chi connectivity index (χ2v) is 8.16. The Morgan fingerprint density at radius 2 is 1.85 bits per heavy atom. The number of piperazine rings is 1. The van der Waals surface area contributed by atoms with Gasteiger partial charge in [0.2, 0.25) is 5.91 Å². The van der Waals surface area contributed by atoms with Crippen LogP contribution in [0.2, 0.25) is 0 Å². The number of aliphatic hydroxyl groups is 1. The predicted octanol–water partition coefficient (Wildman–Crippen LogP) is 1.56. The third-order valence-corrected chi connectivity index (χ3v) is 6.09. The summed E-state index contributed by atoms with van der Waals surface area (Å²) < 4.78 is 38.1. The SMILES string of the molecule is CC(=O)N1C[C@@H]2C[C@@H](O)CN2C2(CN(Cc3ccc(C(F)(F)F)cc3)C2)C1. The van der Waals surface area contributed by atoms with Gasteiger partial charge in [-0.25, -0.2) is 0 Å². The molecule has 148 valence electrons. The number of likely N-dealkylation sites (tertiary alicyclic amines) is 1. The van der Waals surface area contributed by atoms with Gasteiger partial charge in [0.25, 0.3) is 0 Å². The molecule has 0 radical (unpaired) electrons. The highest BCUT2D eigenvalue weighted by molar-refractivity contribution is 5.73. The number of rotatable bonds is 2. The van der Waals surface area contributed by atoms with Gasteiger partial charge in [-0.1, -0.05) is 12.1 Å². The van der Waals surface area contributed by atoms with Crippen LogP contribution in [0.15, 0.2) is 24.3 Å². The van der Waals surface area contributed by atoms with Crippen molar-refractivity contribution in [3.05, 3.63) is 35.4 Å². The Hall–Kier alpha value is -1.64. The molecule has 1 aromatic rings. The standard InChI is InChI=1S/C19H24F3N3O2/c1-13(26)24-8-16-6-17(27)9-25(16)18(12-24)10-23(11-18)7-14-2-4-15(5-3-14)19(20,21)22/h2-5,16-17,27H,6-12H2,1H3/t16-,17+/m0/s1. The van der Waals surface area contributed by atoms with E-state index in [1.165, 1.54) is 12.1 Å². The van der Waals surface area contributed by atoms with Gasteiger partial charge in [-0.2, -0.15) is 13.2 Å². The molecule has 1 amide bonds. The summed E-state index contributed by atoms with van der Waals surface area (Å²) in [4.78, 5) is 18.3. The average molecular weight is 383 g/mol. The number of carbonyl (C=O) groups excluding carboxylic acids is 1. The zero-order valence-corrected chi connectivity index (χ0v) is 15.2. The van der Waals surface area contributed by atoms with E-state index in [9.17, 15) is 23.1 Å². The zero-order chi connectivity index (χ0) is 19.4. The Morgan fingerprint density at radius 3 is 2.44 bits per heavy atom. The number of amides is 1. The van der Waals surface area contributed by atoms with Crippen LogP contribution < -0.4 is 0 Å². The number of nitrogens with zero attached hydrogens (tertiary/aromatic N) is 3. The number of alkyl halides is 3. The van der Waals surface area contributed by atoms with E-state index in [1.807, 2.05) is 4.90 Å². The number of halogens is 3. The maximum Gasteiger partial charge on any atom is 0.416 e. The summed E-state index contributed by atoms with van der Waals surface area (Å²) >= 11 is 0. The summed E-state index contributed by atoms with van der Waals surface area (Å²) in [6.45, 7) is 5.60. The number of carbonyl (C=O) groups is 1. The molecule has 0 saturated carbocycles. The Kier molecular flexibility index (Phi) is 4.48. The molecule has 0 bridgehead atoms. The minimum absolute atomic E-state index is 0.0524. The van der Waals surface area contributed by atoms with Crippen molar-refractivity contribution in [1.29, 1.82) is 0 Å².